The molecule has 13 nitrogen and oxygen atoms in total. The van der Waals surface area contributed by atoms with Crippen molar-refractivity contribution in [1.29, 1.82) is 0 Å². The molecule has 0 heterocycles. The summed E-state index contributed by atoms with van der Waals surface area (Å²) in [6.07, 6.45) is -1.45. The van der Waals surface area contributed by atoms with E-state index in [2.05, 4.69) is 5.32 Å². The van der Waals surface area contributed by atoms with Gasteiger partial charge in [0, 0.05) is 18.2 Å². The van der Waals surface area contributed by atoms with Crippen LogP contribution in [0.2, 0.25) is 0 Å². The van der Waals surface area contributed by atoms with Gasteiger partial charge in [-0.3, -0.25) is 19.2 Å². The molecule has 0 spiro atoms. The van der Waals surface area contributed by atoms with Gasteiger partial charge in [0.25, 0.3) is 0 Å². The molecule has 0 aliphatic carbocycles. The zero-order chi connectivity index (χ0) is 21.9. The first-order valence-corrected chi connectivity index (χ1v) is 8.78. The number of rotatable bonds is 14. The van der Waals surface area contributed by atoms with E-state index in [1.54, 1.807) is 0 Å². The van der Waals surface area contributed by atoms with Gasteiger partial charge in [-0.25, -0.2) is 0 Å². The third-order valence-corrected chi connectivity index (χ3v) is 4.44. The van der Waals surface area contributed by atoms with E-state index in [9.17, 15) is 39.0 Å². The largest absolute Gasteiger partial charge is 2.00 e. The van der Waals surface area contributed by atoms with Crippen molar-refractivity contribution in [3.05, 3.63) is 0 Å². The van der Waals surface area contributed by atoms with Gasteiger partial charge in [0.2, 0.25) is 11.8 Å². The molecule has 0 aliphatic rings. The van der Waals surface area contributed by atoms with Crippen LogP contribution >= 0.6 is 11.8 Å². The van der Waals surface area contributed by atoms with Gasteiger partial charge in [-0.15, -0.1) is 11.8 Å². The molecule has 3 atom stereocenters. The number of amides is 2. The van der Waals surface area contributed by atoms with Crippen molar-refractivity contribution in [2.24, 2.45) is 5.73 Å². The van der Waals surface area contributed by atoms with E-state index in [0.717, 1.165) is 0 Å². The maximum absolute atomic E-state index is 12.0. The van der Waals surface area contributed by atoms with Crippen molar-refractivity contribution in [3.63, 3.8) is 0 Å². The smallest absolute Gasteiger partial charge is 0.548 e. The van der Waals surface area contributed by atoms with E-state index in [1.165, 1.54) is 0 Å². The van der Waals surface area contributed by atoms with Crippen molar-refractivity contribution in [3.8, 4) is 0 Å². The topological polar surface area (TPSA) is 239 Å². The monoisotopic (exact) mass is 484 g/mol. The summed E-state index contributed by atoms with van der Waals surface area (Å²) in [7, 11) is 0. The van der Waals surface area contributed by atoms with E-state index in [1.807, 2.05) is 5.32 Å². The number of carboxylic acids is 4. The zero-order valence-corrected chi connectivity index (χ0v) is 16.5. The normalized spacial score (nSPS) is 13.1. The van der Waals surface area contributed by atoms with Crippen molar-refractivity contribution in [2.75, 3.05) is 12.3 Å². The van der Waals surface area contributed by atoms with Crippen molar-refractivity contribution >= 4 is 47.5 Å². The van der Waals surface area contributed by atoms with Crippen LogP contribution in [-0.4, -0.2) is 75.5 Å². The van der Waals surface area contributed by atoms with Gasteiger partial charge in [-0.1, -0.05) is 0 Å². The minimum atomic E-state index is -1.61. The molecule has 6 N–H and O–H groups in total. The Morgan fingerprint density at radius 3 is 2.10 bits per heavy atom. The first-order chi connectivity index (χ1) is 12.9. The van der Waals surface area contributed by atoms with Crippen LogP contribution in [0.15, 0.2) is 0 Å². The van der Waals surface area contributed by atoms with E-state index in [-0.39, 0.29) is 29.2 Å². The van der Waals surface area contributed by atoms with Gasteiger partial charge in [0.05, 0.1) is 24.9 Å². The molecule has 29 heavy (non-hydrogen) atoms. The molecule has 0 aromatic carbocycles. The Bertz CT molecular complexity index is 633. The number of nitrogens with two attached hydrogens (primary N) is 1. The summed E-state index contributed by atoms with van der Waals surface area (Å²) >= 11 is 0.552. The number of carboxylic acid groups (broad SMARTS) is 4. The molecule has 0 saturated carbocycles. The van der Waals surface area contributed by atoms with Gasteiger partial charge in [-0.05, 0) is 6.42 Å². The maximum atomic E-state index is 12.0. The number of thioether (sulfide) groups is 1. The standard InChI is InChI=1S/C14H21N3O10S.Cu/c15-6(13(24)25)1-2-9(18)17-7(12(23)16-4-11(21)22)5-28-8(14(26)27)3-10(19)20;/h6-8H,1-5,15H2,(H,16,23)(H,17,18)(H,19,20)(H,21,22)(H,24,25)(H,26,27);/q;+2/p-2. The van der Waals surface area contributed by atoms with Gasteiger partial charge in [-0.2, -0.15) is 0 Å². The minimum absolute atomic E-state index is 0. The van der Waals surface area contributed by atoms with Crippen LogP contribution in [-0.2, 0) is 45.8 Å². The zero-order valence-electron chi connectivity index (χ0n) is 14.7. The molecule has 0 fully saturated rings. The number of hydrogen-bond acceptors (Lipinski definition) is 10. The molecule has 0 rings (SSSR count). The van der Waals surface area contributed by atoms with Crippen LogP contribution in [0.25, 0.3) is 0 Å². The minimum Gasteiger partial charge on any atom is -0.548 e. The Balaban J connectivity index is 0. The molecule has 0 aromatic heterocycles. The summed E-state index contributed by atoms with van der Waals surface area (Å²) in [5.74, 6) is -8.21. The molecular formula is C14H19CuN3O10S. The SMILES string of the molecule is NC(CCC(=O)NC(CSC(CC(=O)O)C(=O)O)C(=O)NCC(=O)[O-])C(=O)[O-].[Cu+2]. The quantitative estimate of drug-likeness (QED) is 0.145. The number of carbonyl (C=O) groups excluding carboxylic acids is 4. The number of carbonyl (C=O) groups is 6. The Morgan fingerprint density at radius 1 is 1.07 bits per heavy atom. The van der Waals surface area contributed by atoms with E-state index < -0.39 is 72.4 Å². The fourth-order valence-corrected chi connectivity index (χ4v) is 2.79. The molecule has 2 amide bonds. The van der Waals surface area contributed by atoms with Gasteiger partial charge < -0.3 is 46.4 Å². The fourth-order valence-electron chi connectivity index (χ4n) is 1.72. The summed E-state index contributed by atoms with van der Waals surface area (Å²) in [6, 6.07) is -2.83. The Kier molecular flexibility index (Phi) is 14.5. The number of nitrogens with one attached hydrogen (secondary N) is 2. The van der Waals surface area contributed by atoms with Crippen molar-refractivity contribution in [1.82, 2.24) is 10.6 Å². The Morgan fingerprint density at radius 2 is 1.66 bits per heavy atom. The summed E-state index contributed by atoms with van der Waals surface area (Å²) in [4.78, 5) is 66.6. The van der Waals surface area contributed by atoms with E-state index >= 15 is 0 Å². The average molecular weight is 485 g/mol. The maximum Gasteiger partial charge on any atom is 2.00 e. The second kappa shape index (κ2) is 14.6. The van der Waals surface area contributed by atoms with Crippen molar-refractivity contribution < 1.29 is 66.3 Å². The van der Waals surface area contributed by atoms with Crippen LogP contribution in [0.3, 0.4) is 0 Å². The number of aliphatic carboxylic acids is 4. The van der Waals surface area contributed by atoms with Gasteiger partial charge >= 0.3 is 29.0 Å². The molecule has 0 aromatic rings. The first-order valence-electron chi connectivity index (χ1n) is 7.73. The Hall–Kier alpha value is -2.35. The van der Waals surface area contributed by atoms with Gasteiger partial charge in [0.15, 0.2) is 0 Å². The molecule has 0 saturated heterocycles. The molecule has 0 bridgehead atoms. The second-order valence-electron chi connectivity index (χ2n) is 5.43. The Labute approximate surface area is 179 Å². The van der Waals surface area contributed by atoms with Crippen LogP contribution in [0.5, 0.6) is 0 Å². The summed E-state index contributed by atoms with van der Waals surface area (Å²) < 4.78 is 0. The predicted octanol–water partition coefficient (Wildman–Crippen LogP) is -5.15. The molecule has 167 valence electrons. The fraction of sp³-hybridized carbons (Fsp3) is 0.571. The molecule has 3 unspecified atom stereocenters. The van der Waals surface area contributed by atoms with Crippen molar-refractivity contribution in [2.45, 2.75) is 36.6 Å². The summed E-state index contributed by atoms with van der Waals surface area (Å²) in [5, 5.41) is 41.4. The van der Waals surface area contributed by atoms with Gasteiger partial charge in [0.1, 0.15) is 11.3 Å². The van der Waals surface area contributed by atoms with Crippen LogP contribution in [0, 0.1) is 0 Å². The summed E-state index contributed by atoms with van der Waals surface area (Å²) in [5.41, 5.74) is 5.20. The van der Waals surface area contributed by atoms with Crippen LogP contribution in [0.4, 0.5) is 0 Å². The number of hydrogen-bond donors (Lipinski definition) is 5. The van der Waals surface area contributed by atoms with Crippen LogP contribution < -0.4 is 26.6 Å². The second-order valence-corrected chi connectivity index (χ2v) is 6.67. The molecule has 0 aliphatic heterocycles. The van der Waals surface area contributed by atoms with E-state index in [0.29, 0.717) is 11.8 Å². The summed E-state index contributed by atoms with van der Waals surface area (Å²) in [6.45, 7) is -0.872. The third kappa shape index (κ3) is 13.5. The third-order valence-electron chi connectivity index (χ3n) is 3.14. The predicted molar refractivity (Wildman–Crippen MR) is 88.3 cm³/mol. The average Bonchev–Trinajstić information content (AvgIpc) is 2.58. The molecule has 15 heteroatoms. The molecule has 1 radical (unpaired) electrons. The van der Waals surface area contributed by atoms with E-state index in [4.69, 9.17) is 15.9 Å². The molecular weight excluding hydrogens is 466 g/mol. The van der Waals surface area contributed by atoms with Crippen LogP contribution in [0.1, 0.15) is 19.3 Å². The first kappa shape index (κ1) is 28.9.